The van der Waals surface area contributed by atoms with Crippen molar-refractivity contribution in [3.05, 3.63) is 52.3 Å². The van der Waals surface area contributed by atoms with Gasteiger partial charge in [0.2, 0.25) is 17.7 Å². The maximum Gasteiger partial charge on any atom is 0.241 e. The molecule has 8 nitrogen and oxygen atoms in total. The molecule has 1 saturated heterocycles. The molecule has 0 spiro atoms. The van der Waals surface area contributed by atoms with Gasteiger partial charge in [0.25, 0.3) is 0 Å². The number of halogens is 1. The summed E-state index contributed by atoms with van der Waals surface area (Å²) in [6.45, 7) is 2.76. The standard InChI is InChI=1S/C23H29ClN4O4/c1-4-7-16-12-17(26-25-16)15-27(2)20(29)13-23(18-8-5-6-9-19(18)24)14-21(30)28(22(23)31)10-11-32-3/h5-6,8-9,12H,4,7,10-11,13-15H2,1-3H3,(H,25,26)/t23-/m1/s1. The quantitative estimate of drug-likeness (QED) is 0.550. The number of likely N-dealkylation sites (tertiary alicyclic amines) is 1. The molecule has 1 aromatic heterocycles. The van der Waals surface area contributed by atoms with E-state index < -0.39 is 11.3 Å². The third-order valence-corrected chi connectivity index (χ3v) is 6.12. The first-order chi connectivity index (χ1) is 15.3. The summed E-state index contributed by atoms with van der Waals surface area (Å²) < 4.78 is 5.05. The number of rotatable bonds is 10. The Kier molecular flexibility index (Phi) is 7.69. The summed E-state index contributed by atoms with van der Waals surface area (Å²) in [5.41, 5.74) is 0.914. The molecule has 0 saturated carbocycles. The minimum absolute atomic E-state index is 0.108. The van der Waals surface area contributed by atoms with Gasteiger partial charge >= 0.3 is 0 Å². The lowest BCUT2D eigenvalue weighted by atomic mass is 9.75. The summed E-state index contributed by atoms with van der Waals surface area (Å²) in [5.74, 6) is -1.01. The highest BCUT2D eigenvalue weighted by atomic mass is 35.5. The van der Waals surface area contributed by atoms with Crippen LogP contribution >= 0.6 is 11.6 Å². The molecule has 9 heteroatoms. The van der Waals surface area contributed by atoms with Crippen LogP contribution in [0.3, 0.4) is 0 Å². The van der Waals surface area contributed by atoms with E-state index in [0.29, 0.717) is 17.1 Å². The minimum atomic E-state index is -1.34. The Morgan fingerprint density at radius 1 is 1.34 bits per heavy atom. The summed E-state index contributed by atoms with van der Waals surface area (Å²) >= 11 is 6.44. The normalized spacial score (nSPS) is 18.4. The number of methoxy groups -OCH3 is 1. The van der Waals surface area contributed by atoms with Crippen LogP contribution in [-0.4, -0.2) is 65.0 Å². The Balaban J connectivity index is 1.86. The molecule has 1 fully saturated rings. The van der Waals surface area contributed by atoms with Crippen LogP contribution in [0, 0.1) is 0 Å². The molecule has 3 amide bonds. The zero-order valence-electron chi connectivity index (χ0n) is 18.7. The van der Waals surface area contributed by atoms with Gasteiger partial charge in [-0.2, -0.15) is 5.10 Å². The number of benzene rings is 1. The van der Waals surface area contributed by atoms with Crippen LogP contribution in [0.4, 0.5) is 0 Å². The molecule has 172 valence electrons. The number of carbonyl (C=O) groups is 3. The maximum atomic E-state index is 13.5. The van der Waals surface area contributed by atoms with Crippen LogP contribution in [0.1, 0.15) is 43.1 Å². The maximum absolute atomic E-state index is 13.5. The number of nitrogens with zero attached hydrogens (tertiary/aromatic N) is 3. The van der Waals surface area contributed by atoms with Crippen molar-refractivity contribution in [2.75, 3.05) is 27.3 Å². The predicted octanol–water partition coefficient (Wildman–Crippen LogP) is 2.71. The number of H-pyrrole nitrogens is 1. The van der Waals surface area contributed by atoms with E-state index in [2.05, 4.69) is 17.1 Å². The number of ether oxygens (including phenoxy) is 1. The van der Waals surface area contributed by atoms with Gasteiger partial charge in [-0.3, -0.25) is 24.4 Å². The van der Waals surface area contributed by atoms with Crippen LogP contribution in [0.25, 0.3) is 0 Å². The van der Waals surface area contributed by atoms with Crippen molar-refractivity contribution in [3.8, 4) is 0 Å². The van der Waals surface area contributed by atoms with E-state index in [1.165, 1.54) is 16.9 Å². The zero-order chi connectivity index (χ0) is 23.3. The lowest BCUT2D eigenvalue weighted by molar-refractivity contribution is -0.143. The van der Waals surface area contributed by atoms with Crippen LogP contribution in [0.5, 0.6) is 0 Å². The van der Waals surface area contributed by atoms with Gasteiger partial charge in [-0.15, -0.1) is 0 Å². The summed E-state index contributed by atoms with van der Waals surface area (Å²) in [6.07, 6.45) is 1.58. The first-order valence-electron chi connectivity index (χ1n) is 10.7. The molecule has 32 heavy (non-hydrogen) atoms. The van der Waals surface area contributed by atoms with Crippen LogP contribution in [0.2, 0.25) is 5.02 Å². The Morgan fingerprint density at radius 2 is 2.09 bits per heavy atom. The second kappa shape index (κ2) is 10.3. The van der Waals surface area contributed by atoms with E-state index in [4.69, 9.17) is 16.3 Å². The first kappa shape index (κ1) is 23.9. The van der Waals surface area contributed by atoms with Crippen molar-refractivity contribution in [1.29, 1.82) is 0 Å². The van der Waals surface area contributed by atoms with Crippen LogP contribution in [-0.2, 0) is 37.5 Å². The minimum Gasteiger partial charge on any atom is -0.383 e. The molecule has 0 unspecified atom stereocenters. The van der Waals surface area contributed by atoms with Gasteiger partial charge < -0.3 is 9.64 Å². The van der Waals surface area contributed by atoms with Gasteiger partial charge in [0, 0.05) is 32.0 Å². The average Bonchev–Trinajstić information content (AvgIpc) is 3.29. The Hall–Kier alpha value is -2.71. The molecule has 1 N–H and O–H groups in total. The van der Waals surface area contributed by atoms with Gasteiger partial charge in [-0.05, 0) is 24.1 Å². The second-order valence-electron chi connectivity index (χ2n) is 8.14. The molecular weight excluding hydrogens is 432 g/mol. The van der Waals surface area contributed by atoms with Crippen molar-refractivity contribution in [1.82, 2.24) is 20.0 Å². The number of hydrogen-bond donors (Lipinski definition) is 1. The number of aromatic amines is 1. The molecule has 0 aliphatic carbocycles. The highest BCUT2D eigenvalue weighted by Crippen LogP contribution is 2.43. The van der Waals surface area contributed by atoms with E-state index in [9.17, 15) is 14.4 Å². The molecule has 2 aromatic rings. The van der Waals surface area contributed by atoms with Gasteiger partial charge in [0.1, 0.15) is 0 Å². The fourth-order valence-corrected chi connectivity index (χ4v) is 4.43. The van der Waals surface area contributed by atoms with Gasteiger partial charge in [-0.25, -0.2) is 0 Å². The number of carbonyl (C=O) groups excluding carboxylic acids is 3. The van der Waals surface area contributed by atoms with Crippen molar-refractivity contribution in [2.24, 2.45) is 0 Å². The van der Waals surface area contributed by atoms with E-state index >= 15 is 0 Å². The lowest BCUT2D eigenvalue weighted by Crippen LogP contribution is -2.43. The molecule has 1 aliphatic rings. The Morgan fingerprint density at radius 3 is 2.78 bits per heavy atom. The number of hydrogen-bond acceptors (Lipinski definition) is 5. The van der Waals surface area contributed by atoms with E-state index in [0.717, 1.165) is 24.2 Å². The van der Waals surface area contributed by atoms with Crippen molar-refractivity contribution in [3.63, 3.8) is 0 Å². The fourth-order valence-electron chi connectivity index (χ4n) is 4.11. The molecule has 1 atom stereocenters. The smallest absolute Gasteiger partial charge is 0.241 e. The van der Waals surface area contributed by atoms with E-state index in [1.807, 2.05) is 6.07 Å². The van der Waals surface area contributed by atoms with Crippen molar-refractivity contribution in [2.45, 2.75) is 44.6 Å². The number of imide groups is 1. The predicted molar refractivity (Wildman–Crippen MR) is 120 cm³/mol. The Labute approximate surface area is 192 Å². The molecule has 1 aromatic carbocycles. The molecule has 0 bridgehead atoms. The summed E-state index contributed by atoms with van der Waals surface area (Å²) in [5, 5.41) is 7.57. The topological polar surface area (TPSA) is 95.6 Å². The van der Waals surface area contributed by atoms with E-state index in [-0.39, 0.29) is 37.8 Å². The zero-order valence-corrected chi connectivity index (χ0v) is 19.4. The van der Waals surface area contributed by atoms with Gasteiger partial charge in [0.05, 0.1) is 36.5 Å². The highest BCUT2D eigenvalue weighted by Gasteiger charge is 2.54. The number of aryl methyl sites for hydroxylation is 1. The summed E-state index contributed by atoms with van der Waals surface area (Å²) in [7, 11) is 3.18. The molecular formula is C23H29ClN4O4. The Bertz CT molecular complexity index is 992. The SMILES string of the molecule is CCCc1cc(CN(C)C(=O)C[C@]2(c3ccccc3Cl)CC(=O)N(CCOC)C2=O)[nH]n1. The second-order valence-corrected chi connectivity index (χ2v) is 8.55. The lowest BCUT2D eigenvalue weighted by Gasteiger charge is -2.29. The molecule has 3 rings (SSSR count). The fraction of sp³-hybridized carbons (Fsp3) is 0.478. The number of aromatic nitrogens is 2. The molecule has 2 heterocycles. The van der Waals surface area contributed by atoms with Gasteiger partial charge in [-0.1, -0.05) is 43.1 Å². The molecule has 1 aliphatic heterocycles. The summed E-state index contributed by atoms with van der Waals surface area (Å²) in [6, 6.07) is 8.83. The number of amides is 3. The summed E-state index contributed by atoms with van der Waals surface area (Å²) in [4.78, 5) is 42.2. The van der Waals surface area contributed by atoms with Crippen LogP contribution < -0.4 is 0 Å². The monoisotopic (exact) mass is 460 g/mol. The highest BCUT2D eigenvalue weighted by molar-refractivity contribution is 6.32. The van der Waals surface area contributed by atoms with Crippen LogP contribution in [0.15, 0.2) is 30.3 Å². The largest absolute Gasteiger partial charge is 0.383 e. The van der Waals surface area contributed by atoms with Crippen molar-refractivity contribution >= 4 is 29.3 Å². The third kappa shape index (κ3) is 4.86. The third-order valence-electron chi connectivity index (χ3n) is 5.79. The van der Waals surface area contributed by atoms with E-state index in [1.54, 1.807) is 31.3 Å². The van der Waals surface area contributed by atoms with Crippen molar-refractivity contribution < 1.29 is 19.1 Å². The average molecular weight is 461 g/mol. The molecule has 0 radical (unpaired) electrons. The number of nitrogens with one attached hydrogen (secondary N) is 1. The van der Waals surface area contributed by atoms with Gasteiger partial charge in [0.15, 0.2) is 0 Å². The first-order valence-corrected chi connectivity index (χ1v) is 11.1.